The second-order valence-corrected chi connectivity index (χ2v) is 7.26. The molecular weight excluding hydrogens is 362 g/mol. The van der Waals surface area contributed by atoms with Crippen LogP contribution in [0.2, 0.25) is 0 Å². The molecule has 0 aliphatic carbocycles. The minimum atomic E-state index is -3.67. The highest BCUT2D eigenvalue weighted by molar-refractivity contribution is 7.85. The van der Waals surface area contributed by atoms with Crippen molar-refractivity contribution in [2.75, 3.05) is 17.6 Å². The average Bonchev–Trinajstić information content (AvgIpc) is 2.50. The van der Waals surface area contributed by atoms with Crippen molar-refractivity contribution in [3.8, 4) is 0 Å². The molecule has 0 amide bonds. The molecule has 1 aromatic rings. The highest BCUT2D eigenvalue weighted by atomic mass is 32.2. The van der Waals surface area contributed by atoms with E-state index in [-0.39, 0.29) is 22.4 Å². The summed E-state index contributed by atoms with van der Waals surface area (Å²) in [5, 5.41) is 21.3. The first kappa shape index (κ1) is 23.9. The van der Waals surface area contributed by atoms with Gasteiger partial charge in [0.15, 0.2) is 0 Å². The number of nitrogens with one attached hydrogen (secondary N) is 1. The maximum Gasteiger partial charge on any atom is 0.338 e. The van der Waals surface area contributed by atoms with Crippen LogP contribution in [0.15, 0.2) is 12.1 Å². The van der Waals surface area contributed by atoms with Crippen LogP contribution in [0.4, 0.5) is 5.69 Å². The summed E-state index contributed by atoms with van der Waals surface area (Å²) in [5.74, 6) is -2.36. The van der Waals surface area contributed by atoms with Crippen molar-refractivity contribution in [1.82, 2.24) is 0 Å². The third-order valence-electron chi connectivity index (χ3n) is 3.47. The van der Waals surface area contributed by atoms with Crippen LogP contribution < -0.4 is 5.32 Å². The fourth-order valence-electron chi connectivity index (χ4n) is 2.22. The zero-order valence-electron chi connectivity index (χ0n) is 15.3. The van der Waals surface area contributed by atoms with Gasteiger partial charge in [-0.1, -0.05) is 26.7 Å². The van der Waals surface area contributed by atoms with E-state index in [4.69, 9.17) is 9.66 Å². The number of anilines is 1. The fourth-order valence-corrected chi connectivity index (χ4v) is 2.74. The standard InChI is InChI=1S/C14H19NO4.C3H8O3S/c1-3-4-5-8-15-11-7-6-10(13(16)17)9(2)12(11)14(18)19;1-2-3-7(4,5)6/h6-7,15H,3-5,8H2,1-2H3,(H,16,17)(H,18,19);2-3H2,1H3,(H,4,5,6). The van der Waals surface area contributed by atoms with Gasteiger partial charge in [-0.2, -0.15) is 8.42 Å². The average molecular weight is 389 g/mol. The van der Waals surface area contributed by atoms with Crippen molar-refractivity contribution in [2.45, 2.75) is 46.5 Å². The molecule has 0 spiro atoms. The Morgan fingerprint density at radius 1 is 1.04 bits per heavy atom. The van der Waals surface area contributed by atoms with Gasteiger partial charge in [-0.3, -0.25) is 4.55 Å². The summed E-state index contributed by atoms with van der Waals surface area (Å²) in [7, 11) is -3.67. The molecular formula is C17H27NO7S. The Balaban J connectivity index is 0.000000758. The van der Waals surface area contributed by atoms with E-state index in [1.54, 1.807) is 6.92 Å². The molecule has 0 saturated heterocycles. The van der Waals surface area contributed by atoms with Gasteiger partial charge in [-0.25, -0.2) is 9.59 Å². The second-order valence-electron chi connectivity index (χ2n) is 5.69. The van der Waals surface area contributed by atoms with Gasteiger partial charge in [-0.15, -0.1) is 0 Å². The predicted octanol–water partition coefficient (Wildman–Crippen LogP) is 3.28. The summed E-state index contributed by atoms with van der Waals surface area (Å²) >= 11 is 0. The van der Waals surface area contributed by atoms with Gasteiger partial charge in [0.1, 0.15) is 0 Å². The summed E-state index contributed by atoms with van der Waals surface area (Å²) in [6.07, 6.45) is 3.58. The van der Waals surface area contributed by atoms with Crippen LogP contribution in [-0.2, 0) is 10.1 Å². The van der Waals surface area contributed by atoms with Crippen molar-refractivity contribution >= 4 is 27.7 Å². The Hall–Kier alpha value is -2.13. The number of unbranched alkanes of at least 4 members (excludes halogenated alkanes) is 2. The Morgan fingerprint density at radius 3 is 2.04 bits per heavy atom. The van der Waals surface area contributed by atoms with E-state index in [1.165, 1.54) is 19.1 Å². The van der Waals surface area contributed by atoms with Crippen LogP contribution in [0.3, 0.4) is 0 Å². The van der Waals surface area contributed by atoms with Gasteiger partial charge in [0.05, 0.1) is 16.9 Å². The molecule has 0 aromatic heterocycles. The van der Waals surface area contributed by atoms with E-state index >= 15 is 0 Å². The van der Waals surface area contributed by atoms with Crippen LogP contribution >= 0.6 is 0 Å². The van der Waals surface area contributed by atoms with E-state index in [1.807, 2.05) is 0 Å². The molecule has 0 saturated carbocycles. The molecule has 0 fully saturated rings. The molecule has 148 valence electrons. The molecule has 0 aliphatic rings. The normalized spacial score (nSPS) is 10.6. The number of hydrogen-bond donors (Lipinski definition) is 4. The predicted molar refractivity (Wildman–Crippen MR) is 99.8 cm³/mol. The van der Waals surface area contributed by atoms with Crippen molar-refractivity contribution < 1.29 is 32.8 Å². The molecule has 0 aliphatic heterocycles. The third-order valence-corrected chi connectivity index (χ3v) is 4.39. The van der Waals surface area contributed by atoms with Crippen LogP contribution in [0, 0.1) is 6.92 Å². The van der Waals surface area contributed by atoms with Gasteiger partial charge in [0.25, 0.3) is 10.1 Å². The molecule has 0 bridgehead atoms. The lowest BCUT2D eigenvalue weighted by molar-refractivity contribution is 0.0696. The molecule has 26 heavy (non-hydrogen) atoms. The zero-order chi connectivity index (χ0) is 20.3. The molecule has 9 heteroatoms. The first-order chi connectivity index (χ1) is 12.0. The van der Waals surface area contributed by atoms with Crippen molar-refractivity contribution in [1.29, 1.82) is 0 Å². The van der Waals surface area contributed by atoms with E-state index < -0.39 is 22.1 Å². The topological polar surface area (TPSA) is 141 Å². The first-order valence-electron chi connectivity index (χ1n) is 8.34. The number of rotatable bonds is 9. The van der Waals surface area contributed by atoms with Gasteiger partial charge >= 0.3 is 11.9 Å². The number of hydrogen-bond acceptors (Lipinski definition) is 5. The molecule has 0 unspecified atom stereocenters. The first-order valence-corrected chi connectivity index (χ1v) is 9.95. The molecule has 8 nitrogen and oxygen atoms in total. The smallest absolute Gasteiger partial charge is 0.338 e. The molecule has 1 rings (SSSR count). The van der Waals surface area contributed by atoms with Crippen LogP contribution in [-0.4, -0.2) is 47.4 Å². The highest BCUT2D eigenvalue weighted by Crippen LogP contribution is 2.23. The highest BCUT2D eigenvalue weighted by Gasteiger charge is 2.19. The van der Waals surface area contributed by atoms with Crippen LogP contribution in [0.5, 0.6) is 0 Å². The summed E-state index contributed by atoms with van der Waals surface area (Å²) < 4.78 is 27.6. The van der Waals surface area contributed by atoms with E-state index in [9.17, 15) is 23.1 Å². The third kappa shape index (κ3) is 8.82. The van der Waals surface area contributed by atoms with Crippen molar-refractivity contribution in [3.63, 3.8) is 0 Å². The van der Waals surface area contributed by atoms with Crippen molar-refractivity contribution in [3.05, 3.63) is 28.8 Å². The van der Waals surface area contributed by atoms with E-state index in [0.29, 0.717) is 18.7 Å². The van der Waals surface area contributed by atoms with E-state index in [2.05, 4.69) is 12.2 Å². The molecule has 0 radical (unpaired) electrons. The quantitative estimate of drug-likeness (QED) is 0.372. The number of carbonyl (C=O) groups is 2. The summed E-state index contributed by atoms with van der Waals surface area (Å²) in [4.78, 5) is 22.3. The molecule has 0 atom stereocenters. The Bertz CT molecular complexity index is 714. The Labute approximate surface area is 154 Å². The van der Waals surface area contributed by atoms with Gasteiger partial charge in [-0.05, 0) is 37.5 Å². The minimum Gasteiger partial charge on any atom is -0.478 e. The lowest BCUT2D eigenvalue weighted by atomic mass is 10.00. The molecule has 0 heterocycles. The summed E-state index contributed by atoms with van der Waals surface area (Å²) in [5.41, 5.74) is 0.819. The molecule has 4 N–H and O–H groups in total. The maximum atomic E-state index is 11.3. The number of carboxylic acids is 2. The summed E-state index contributed by atoms with van der Waals surface area (Å²) in [6.45, 7) is 5.98. The van der Waals surface area contributed by atoms with E-state index in [0.717, 1.165) is 19.3 Å². The minimum absolute atomic E-state index is 0.0245. The Kier molecular flexibility index (Phi) is 10.5. The largest absolute Gasteiger partial charge is 0.478 e. The lowest BCUT2D eigenvalue weighted by Crippen LogP contribution is -2.12. The fraction of sp³-hybridized carbons (Fsp3) is 0.529. The second kappa shape index (κ2) is 11.5. The monoisotopic (exact) mass is 389 g/mol. The number of carboxylic acid groups (broad SMARTS) is 2. The maximum absolute atomic E-state index is 11.3. The zero-order valence-corrected chi connectivity index (χ0v) is 16.1. The van der Waals surface area contributed by atoms with Crippen LogP contribution in [0.25, 0.3) is 0 Å². The lowest BCUT2D eigenvalue weighted by Gasteiger charge is -2.13. The summed E-state index contributed by atoms with van der Waals surface area (Å²) in [6, 6.07) is 2.96. The van der Waals surface area contributed by atoms with Gasteiger partial charge in [0.2, 0.25) is 0 Å². The molecule has 1 aromatic carbocycles. The van der Waals surface area contributed by atoms with Crippen molar-refractivity contribution in [2.24, 2.45) is 0 Å². The Morgan fingerprint density at radius 2 is 1.65 bits per heavy atom. The van der Waals surface area contributed by atoms with Gasteiger partial charge in [0, 0.05) is 12.2 Å². The van der Waals surface area contributed by atoms with Crippen LogP contribution in [0.1, 0.15) is 65.8 Å². The number of aromatic carboxylic acids is 2. The SMILES string of the molecule is CCCCCNc1ccc(C(=O)O)c(C)c1C(=O)O.CCCS(=O)(=O)O. The van der Waals surface area contributed by atoms with Gasteiger partial charge < -0.3 is 15.5 Å². The number of benzene rings is 1.